The molecule has 2 aromatic carbocycles. The van der Waals surface area contributed by atoms with Gasteiger partial charge in [0.1, 0.15) is 16.5 Å². The Morgan fingerprint density at radius 1 is 1.11 bits per heavy atom. The molecule has 0 fully saturated rings. The van der Waals surface area contributed by atoms with E-state index in [0.29, 0.717) is 22.7 Å². The number of benzene rings is 2. The highest BCUT2D eigenvalue weighted by molar-refractivity contribution is 7.18. The second-order valence-corrected chi connectivity index (χ2v) is 8.19. The number of rotatable bonds is 5. The molecule has 0 amide bonds. The summed E-state index contributed by atoms with van der Waals surface area (Å²) in [5.74, 6) is 0.327. The van der Waals surface area contributed by atoms with Gasteiger partial charge in [0.15, 0.2) is 0 Å². The van der Waals surface area contributed by atoms with Gasteiger partial charge in [-0.15, -0.1) is 11.3 Å². The Morgan fingerprint density at radius 3 is 2.64 bits per heavy atom. The zero-order valence-corrected chi connectivity index (χ0v) is 16.9. The van der Waals surface area contributed by atoms with Crippen molar-refractivity contribution in [3.8, 4) is 0 Å². The molecule has 0 aliphatic carbocycles. The van der Waals surface area contributed by atoms with Crippen LogP contribution in [0.3, 0.4) is 0 Å². The van der Waals surface area contributed by atoms with E-state index in [1.54, 1.807) is 22.0 Å². The van der Waals surface area contributed by atoms with Crippen LogP contribution in [0.2, 0.25) is 5.02 Å². The summed E-state index contributed by atoms with van der Waals surface area (Å²) < 4.78 is 15.3. The van der Waals surface area contributed by atoms with Gasteiger partial charge in [-0.2, -0.15) is 0 Å². The van der Waals surface area contributed by atoms with E-state index in [1.807, 2.05) is 36.4 Å². The van der Waals surface area contributed by atoms with E-state index in [-0.39, 0.29) is 17.9 Å². The smallest absolute Gasteiger partial charge is 0.262 e. The van der Waals surface area contributed by atoms with Crippen molar-refractivity contribution in [3.63, 3.8) is 0 Å². The second-order valence-electron chi connectivity index (χ2n) is 6.64. The highest BCUT2D eigenvalue weighted by atomic mass is 35.5. The first-order valence-corrected chi connectivity index (χ1v) is 10.2. The number of nitrogens with zero attached hydrogens (tertiary/aromatic N) is 2. The van der Waals surface area contributed by atoms with Crippen molar-refractivity contribution in [2.45, 2.75) is 26.3 Å². The van der Waals surface area contributed by atoms with Crippen molar-refractivity contribution >= 4 is 33.2 Å². The normalized spacial score (nSPS) is 11.2. The van der Waals surface area contributed by atoms with Gasteiger partial charge < -0.3 is 0 Å². The molecular formula is C22H18ClFN2OS. The molecule has 2 heterocycles. The van der Waals surface area contributed by atoms with E-state index in [9.17, 15) is 9.18 Å². The SMILES string of the molecule is CCc1cc2c(=O)n(Cc3cccc(F)c3)c(Cc3cccc(Cl)c3)nc2s1. The van der Waals surface area contributed by atoms with Gasteiger partial charge in [0.05, 0.1) is 11.9 Å². The number of aromatic nitrogens is 2. The lowest BCUT2D eigenvalue weighted by Gasteiger charge is -2.13. The molecule has 0 bridgehead atoms. The summed E-state index contributed by atoms with van der Waals surface area (Å²) in [5.41, 5.74) is 1.60. The molecule has 2 aromatic heterocycles. The van der Waals surface area contributed by atoms with Gasteiger partial charge in [-0.3, -0.25) is 9.36 Å². The van der Waals surface area contributed by atoms with Crippen LogP contribution >= 0.6 is 22.9 Å². The van der Waals surface area contributed by atoms with Crippen LogP contribution in [0.25, 0.3) is 10.2 Å². The van der Waals surface area contributed by atoms with Crippen LogP contribution in [0, 0.1) is 5.82 Å². The maximum absolute atomic E-state index is 13.6. The molecule has 0 unspecified atom stereocenters. The van der Waals surface area contributed by atoms with Crippen LogP contribution in [0.1, 0.15) is 28.8 Å². The molecular weight excluding hydrogens is 395 g/mol. The molecule has 0 aliphatic rings. The Balaban J connectivity index is 1.86. The van der Waals surface area contributed by atoms with E-state index < -0.39 is 0 Å². The Hall–Kier alpha value is -2.50. The predicted molar refractivity (Wildman–Crippen MR) is 113 cm³/mol. The average Bonchev–Trinajstić information content (AvgIpc) is 3.08. The maximum atomic E-state index is 13.6. The van der Waals surface area contributed by atoms with Crippen LogP contribution in [0.5, 0.6) is 0 Å². The first-order chi connectivity index (χ1) is 13.5. The topological polar surface area (TPSA) is 34.9 Å². The molecule has 0 saturated carbocycles. The number of thiophene rings is 1. The van der Waals surface area contributed by atoms with Crippen molar-refractivity contribution in [2.75, 3.05) is 0 Å². The number of fused-ring (bicyclic) bond motifs is 1. The zero-order chi connectivity index (χ0) is 19.7. The molecule has 0 spiro atoms. The minimum atomic E-state index is -0.320. The second kappa shape index (κ2) is 7.86. The average molecular weight is 413 g/mol. The molecule has 3 nitrogen and oxygen atoms in total. The molecule has 4 aromatic rings. The first kappa shape index (κ1) is 18.8. The van der Waals surface area contributed by atoms with Crippen LogP contribution < -0.4 is 5.56 Å². The van der Waals surface area contributed by atoms with Gasteiger partial charge in [-0.25, -0.2) is 9.37 Å². The van der Waals surface area contributed by atoms with E-state index in [4.69, 9.17) is 16.6 Å². The Kier molecular flexibility index (Phi) is 5.29. The van der Waals surface area contributed by atoms with Crippen molar-refractivity contribution < 1.29 is 4.39 Å². The summed E-state index contributed by atoms with van der Waals surface area (Å²) in [6.07, 6.45) is 1.33. The highest BCUT2D eigenvalue weighted by Crippen LogP contribution is 2.23. The highest BCUT2D eigenvalue weighted by Gasteiger charge is 2.15. The number of halogens is 2. The van der Waals surface area contributed by atoms with Gasteiger partial charge in [-0.05, 0) is 47.9 Å². The summed E-state index contributed by atoms with van der Waals surface area (Å²) in [6, 6.07) is 15.8. The fourth-order valence-electron chi connectivity index (χ4n) is 3.23. The molecule has 6 heteroatoms. The van der Waals surface area contributed by atoms with Crippen molar-refractivity contribution in [2.24, 2.45) is 0 Å². The van der Waals surface area contributed by atoms with Crippen LogP contribution in [-0.4, -0.2) is 9.55 Å². The van der Waals surface area contributed by atoms with E-state index >= 15 is 0 Å². The van der Waals surface area contributed by atoms with Crippen molar-refractivity contribution in [3.05, 3.63) is 97.6 Å². The van der Waals surface area contributed by atoms with E-state index in [1.165, 1.54) is 12.1 Å². The quantitative estimate of drug-likeness (QED) is 0.436. The summed E-state index contributed by atoms with van der Waals surface area (Å²) in [6.45, 7) is 2.33. The van der Waals surface area contributed by atoms with Crippen molar-refractivity contribution in [1.82, 2.24) is 9.55 Å². The molecule has 0 saturated heterocycles. The summed E-state index contributed by atoms with van der Waals surface area (Å²) in [4.78, 5) is 19.9. The maximum Gasteiger partial charge on any atom is 0.262 e. The predicted octanol–water partition coefficient (Wildman–Crippen LogP) is 5.45. The molecule has 4 rings (SSSR count). The molecule has 0 N–H and O–H groups in total. The monoisotopic (exact) mass is 412 g/mol. The lowest BCUT2D eigenvalue weighted by atomic mass is 10.1. The zero-order valence-electron chi connectivity index (χ0n) is 15.3. The van der Waals surface area contributed by atoms with Gasteiger partial charge in [0.25, 0.3) is 5.56 Å². The fraction of sp³-hybridized carbons (Fsp3) is 0.182. The molecule has 0 aliphatic heterocycles. The molecule has 0 radical (unpaired) electrons. The minimum absolute atomic E-state index is 0.0951. The van der Waals surface area contributed by atoms with Gasteiger partial charge in [-0.1, -0.05) is 42.8 Å². The summed E-state index contributed by atoms with van der Waals surface area (Å²) in [7, 11) is 0. The van der Waals surface area contributed by atoms with E-state index in [0.717, 1.165) is 27.3 Å². The Morgan fingerprint density at radius 2 is 1.89 bits per heavy atom. The van der Waals surface area contributed by atoms with Gasteiger partial charge >= 0.3 is 0 Å². The third kappa shape index (κ3) is 3.86. The lowest BCUT2D eigenvalue weighted by Crippen LogP contribution is -2.25. The summed E-state index contributed by atoms with van der Waals surface area (Å²) >= 11 is 7.66. The Labute approximate surface area is 171 Å². The van der Waals surface area contributed by atoms with Crippen molar-refractivity contribution in [1.29, 1.82) is 0 Å². The van der Waals surface area contributed by atoms with Gasteiger partial charge in [0.2, 0.25) is 0 Å². The van der Waals surface area contributed by atoms with Crippen LogP contribution in [0.4, 0.5) is 4.39 Å². The molecule has 28 heavy (non-hydrogen) atoms. The minimum Gasteiger partial charge on any atom is -0.291 e. The lowest BCUT2D eigenvalue weighted by molar-refractivity contribution is 0.620. The fourth-order valence-corrected chi connectivity index (χ4v) is 4.42. The first-order valence-electron chi connectivity index (χ1n) is 9.04. The van der Waals surface area contributed by atoms with Crippen LogP contribution in [-0.2, 0) is 19.4 Å². The largest absolute Gasteiger partial charge is 0.291 e. The third-order valence-electron chi connectivity index (χ3n) is 4.61. The third-order valence-corrected chi connectivity index (χ3v) is 6.02. The van der Waals surface area contributed by atoms with E-state index in [2.05, 4.69) is 6.92 Å². The Bertz CT molecular complexity index is 1210. The van der Waals surface area contributed by atoms with Gasteiger partial charge in [0, 0.05) is 16.3 Å². The number of hydrogen-bond acceptors (Lipinski definition) is 3. The number of aryl methyl sites for hydroxylation is 1. The summed E-state index contributed by atoms with van der Waals surface area (Å²) in [5, 5.41) is 1.26. The number of hydrogen-bond donors (Lipinski definition) is 0. The molecule has 142 valence electrons. The van der Waals surface area contributed by atoms with Crippen LogP contribution in [0.15, 0.2) is 59.4 Å². The standard InChI is InChI=1S/C22H18ClFN2OS/c1-2-18-12-19-21(28-18)25-20(11-14-5-3-7-16(23)9-14)26(22(19)27)13-15-6-4-8-17(24)10-15/h3-10,12H,2,11,13H2,1H3. The molecule has 0 atom stereocenters.